The second kappa shape index (κ2) is 10.1. The lowest BCUT2D eigenvalue weighted by Gasteiger charge is -2.31. The molecule has 2 amide bonds. The molecule has 1 aliphatic heterocycles. The zero-order chi connectivity index (χ0) is 23.3. The van der Waals surface area contributed by atoms with E-state index < -0.39 is 23.8 Å². The minimum absolute atomic E-state index is 0.172. The highest BCUT2D eigenvalue weighted by Crippen LogP contribution is 2.34. The van der Waals surface area contributed by atoms with Crippen molar-refractivity contribution < 1.29 is 19.1 Å². The third-order valence-corrected chi connectivity index (χ3v) is 6.11. The number of benzene rings is 2. The number of carbonyl (C=O) groups is 2. The summed E-state index contributed by atoms with van der Waals surface area (Å²) in [4.78, 5) is 27.6. The van der Waals surface area contributed by atoms with Gasteiger partial charge in [0.15, 0.2) is 6.10 Å². The second-order valence-corrected chi connectivity index (χ2v) is 8.90. The van der Waals surface area contributed by atoms with Gasteiger partial charge in [-0.2, -0.15) is 5.26 Å². The Morgan fingerprint density at radius 2 is 1.85 bits per heavy atom. The topological polar surface area (TPSA) is 91.7 Å². The lowest BCUT2D eigenvalue weighted by molar-refractivity contribution is -0.138. The molecule has 0 bridgehead atoms. The highest BCUT2D eigenvalue weighted by Gasteiger charge is 2.37. The number of rotatable bonds is 8. The fraction of sp³-hybridized carbons (Fsp3) is 0.423. The number of carbonyl (C=O) groups excluding carboxylic acids is 2. The van der Waals surface area contributed by atoms with Gasteiger partial charge in [0.1, 0.15) is 6.07 Å². The number of nitrogens with zero attached hydrogens (tertiary/aromatic N) is 2. The van der Waals surface area contributed by atoms with Crippen LogP contribution in [0.4, 0.5) is 4.79 Å². The van der Waals surface area contributed by atoms with Crippen LogP contribution in [0.1, 0.15) is 42.9 Å². The van der Waals surface area contributed by atoms with E-state index in [0.29, 0.717) is 25.4 Å². The maximum atomic E-state index is 13.1. The molecule has 0 saturated heterocycles. The molecule has 2 aromatic carbocycles. The number of fused-ring (bicyclic) bond motifs is 1. The Bertz CT molecular complexity index is 1030. The van der Waals surface area contributed by atoms with E-state index in [2.05, 4.69) is 11.4 Å². The fourth-order valence-corrected chi connectivity index (χ4v) is 3.93. The van der Waals surface area contributed by atoms with Gasteiger partial charge in [0.05, 0.1) is 6.61 Å². The summed E-state index contributed by atoms with van der Waals surface area (Å²) in [5.41, 5.74) is 1.68. The van der Waals surface area contributed by atoms with Gasteiger partial charge in [-0.25, -0.2) is 4.79 Å². The van der Waals surface area contributed by atoms with Crippen LogP contribution < -0.4 is 5.32 Å². The quantitative estimate of drug-likeness (QED) is 0.619. The lowest BCUT2D eigenvalue weighted by atomic mass is 10.0. The van der Waals surface area contributed by atoms with Crippen molar-refractivity contribution in [1.82, 2.24) is 10.2 Å². The standard InChI is InChI=1S/C26H29N3O4/c1-26(18-27,32-17-20-7-3-2-4-8-20)28-24(30)23(15-19-11-12-19)33-25(31)29-14-13-21-9-5-6-10-22(21)16-29/h2-10,19,23H,11-17H2,1H3,(H,28,30). The molecule has 2 aromatic rings. The summed E-state index contributed by atoms with van der Waals surface area (Å²) in [6, 6.07) is 19.5. The van der Waals surface area contributed by atoms with Crippen molar-refractivity contribution in [1.29, 1.82) is 5.26 Å². The van der Waals surface area contributed by atoms with Gasteiger partial charge in [0, 0.05) is 13.1 Å². The highest BCUT2D eigenvalue weighted by molar-refractivity contribution is 5.84. The largest absolute Gasteiger partial charge is 0.436 e. The van der Waals surface area contributed by atoms with E-state index in [4.69, 9.17) is 9.47 Å². The van der Waals surface area contributed by atoms with Crippen molar-refractivity contribution >= 4 is 12.0 Å². The Morgan fingerprint density at radius 3 is 2.55 bits per heavy atom. The summed E-state index contributed by atoms with van der Waals surface area (Å²) in [6.45, 7) is 2.68. The van der Waals surface area contributed by atoms with Crippen molar-refractivity contribution in [3.63, 3.8) is 0 Å². The molecule has 7 heteroatoms. The summed E-state index contributed by atoms with van der Waals surface area (Å²) in [5, 5.41) is 12.3. The van der Waals surface area contributed by atoms with E-state index >= 15 is 0 Å². The molecule has 2 unspecified atom stereocenters. The van der Waals surface area contributed by atoms with E-state index in [9.17, 15) is 14.9 Å². The van der Waals surface area contributed by atoms with E-state index in [1.165, 1.54) is 12.5 Å². The first kappa shape index (κ1) is 22.8. The molecule has 2 aliphatic rings. The summed E-state index contributed by atoms with van der Waals surface area (Å²) < 4.78 is 11.4. The Hall–Kier alpha value is -3.37. The fourth-order valence-electron chi connectivity index (χ4n) is 3.93. The molecule has 0 aromatic heterocycles. The number of hydrogen-bond donors (Lipinski definition) is 1. The molecule has 1 heterocycles. The highest BCUT2D eigenvalue weighted by atomic mass is 16.6. The zero-order valence-electron chi connectivity index (χ0n) is 18.8. The number of nitriles is 1. The molecular weight excluding hydrogens is 418 g/mol. The average molecular weight is 448 g/mol. The maximum Gasteiger partial charge on any atom is 0.410 e. The van der Waals surface area contributed by atoms with Gasteiger partial charge in [0.25, 0.3) is 5.91 Å². The Kier molecular flexibility index (Phi) is 6.95. The zero-order valence-corrected chi connectivity index (χ0v) is 18.8. The minimum Gasteiger partial charge on any atom is -0.436 e. The Labute approximate surface area is 194 Å². The Balaban J connectivity index is 1.38. The van der Waals surface area contributed by atoms with Gasteiger partial charge in [-0.1, -0.05) is 67.4 Å². The van der Waals surface area contributed by atoms with Crippen LogP contribution in [0.5, 0.6) is 0 Å². The van der Waals surface area contributed by atoms with Crippen LogP contribution in [-0.4, -0.2) is 35.3 Å². The smallest absolute Gasteiger partial charge is 0.410 e. The van der Waals surface area contributed by atoms with Gasteiger partial charge >= 0.3 is 6.09 Å². The van der Waals surface area contributed by atoms with E-state index in [1.54, 1.807) is 4.90 Å². The molecule has 7 nitrogen and oxygen atoms in total. The van der Waals surface area contributed by atoms with Crippen molar-refractivity contribution in [3.8, 4) is 6.07 Å². The van der Waals surface area contributed by atoms with Gasteiger partial charge in [-0.05, 0) is 42.4 Å². The first-order valence-corrected chi connectivity index (χ1v) is 11.4. The SMILES string of the molecule is CC(C#N)(NC(=O)C(CC1CC1)OC(=O)N1CCc2ccccc2C1)OCc1ccccc1. The van der Waals surface area contributed by atoms with Crippen LogP contribution in [0.25, 0.3) is 0 Å². The van der Waals surface area contributed by atoms with E-state index in [0.717, 1.165) is 30.4 Å². The summed E-state index contributed by atoms with van der Waals surface area (Å²) in [6.07, 6.45) is 1.76. The molecule has 1 saturated carbocycles. The Morgan fingerprint density at radius 1 is 1.15 bits per heavy atom. The van der Waals surface area contributed by atoms with Gasteiger partial charge in [-0.15, -0.1) is 0 Å². The van der Waals surface area contributed by atoms with Crippen molar-refractivity contribution in [2.24, 2.45) is 5.92 Å². The monoisotopic (exact) mass is 447 g/mol. The van der Waals surface area contributed by atoms with Crippen LogP contribution in [0.3, 0.4) is 0 Å². The molecule has 0 spiro atoms. The third-order valence-electron chi connectivity index (χ3n) is 6.11. The molecule has 33 heavy (non-hydrogen) atoms. The molecule has 2 atom stereocenters. The summed E-state index contributed by atoms with van der Waals surface area (Å²) in [5.74, 6) is -0.154. The van der Waals surface area contributed by atoms with Gasteiger partial charge < -0.3 is 19.7 Å². The predicted octanol–water partition coefficient (Wildman–Crippen LogP) is 3.92. The maximum absolute atomic E-state index is 13.1. The molecule has 0 radical (unpaired) electrons. The predicted molar refractivity (Wildman–Crippen MR) is 122 cm³/mol. The van der Waals surface area contributed by atoms with Crippen LogP contribution in [0.2, 0.25) is 0 Å². The van der Waals surface area contributed by atoms with Crippen molar-refractivity contribution in [2.75, 3.05) is 6.54 Å². The molecule has 1 aliphatic carbocycles. The summed E-state index contributed by atoms with van der Waals surface area (Å²) in [7, 11) is 0. The van der Waals surface area contributed by atoms with E-state index in [-0.39, 0.29) is 6.61 Å². The molecule has 1 fully saturated rings. The third kappa shape index (κ3) is 6.11. The molecule has 4 rings (SSSR count). The van der Waals surface area contributed by atoms with Crippen molar-refractivity contribution in [2.45, 2.75) is 57.6 Å². The first-order chi connectivity index (χ1) is 16.0. The van der Waals surface area contributed by atoms with Crippen LogP contribution in [-0.2, 0) is 33.8 Å². The molecule has 1 N–H and O–H groups in total. The number of ether oxygens (including phenoxy) is 2. The molecular formula is C26H29N3O4. The number of amides is 2. The van der Waals surface area contributed by atoms with Crippen molar-refractivity contribution in [3.05, 3.63) is 71.3 Å². The first-order valence-electron chi connectivity index (χ1n) is 11.4. The number of hydrogen-bond acceptors (Lipinski definition) is 5. The van der Waals surface area contributed by atoms with Crippen LogP contribution >= 0.6 is 0 Å². The second-order valence-electron chi connectivity index (χ2n) is 8.90. The van der Waals surface area contributed by atoms with E-state index in [1.807, 2.05) is 54.6 Å². The van der Waals surface area contributed by atoms with Gasteiger partial charge in [-0.3, -0.25) is 4.79 Å². The average Bonchev–Trinajstić information content (AvgIpc) is 3.67. The summed E-state index contributed by atoms with van der Waals surface area (Å²) >= 11 is 0. The normalized spacial score (nSPS) is 17.8. The van der Waals surface area contributed by atoms with Gasteiger partial charge in [0.2, 0.25) is 5.72 Å². The van der Waals surface area contributed by atoms with Crippen LogP contribution in [0.15, 0.2) is 54.6 Å². The minimum atomic E-state index is -1.54. The molecule has 172 valence electrons. The van der Waals surface area contributed by atoms with Crippen LogP contribution in [0, 0.1) is 17.2 Å². The lowest BCUT2D eigenvalue weighted by Crippen LogP contribution is -2.52. The number of nitrogens with one attached hydrogen (secondary N) is 1.